The molecule has 1 aliphatic carbocycles. The smallest absolute Gasteiger partial charge is 0.200 e. The number of ether oxygens (including phenoxy) is 1. The van der Waals surface area contributed by atoms with E-state index < -0.39 is 11.6 Å². The molecule has 1 saturated carbocycles. The standard InChI is InChI=1S/C15H20BrF2NO/c16-11-9-13(17)15(18)14(10-11)20-8-7-19-12-5-3-1-2-4-6-12/h9-10,12,19H,1-8H2. The molecule has 0 saturated heterocycles. The zero-order valence-corrected chi connectivity index (χ0v) is 13.0. The summed E-state index contributed by atoms with van der Waals surface area (Å²) in [6.07, 6.45) is 7.56. The van der Waals surface area contributed by atoms with E-state index in [1.165, 1.54) is 44.6 Å². The van der Waals surface area contributed by atoms with Crippen molar-refractivity contribution in [2.24, 2.45) is 0 Å². The molecule has 112 valence electrons. The van der Waals surface area contributed by atoms with Crippen molar-refractivity contribution in [1.29, 1.82) is 0 Å². The van der Waals surface area contributed by atoms with Gasteiger partial charge in [-0.25, -0.2) is 4.39 Å². The van der Waals surface area contributed by atoms with E-state index in [2.05, 4.69) is 21.2 Å². The third-order valence-electron chi connectivity index (χ3n) is 3.61. The van der Waals surface area contributed by atoms with Crippen molar-refractivity contribution in [3.8, 4) is 5.75 Å². The van der Waals surface area contributed by atoms with Crippen LogP contribution in [0.1, 0.15) is 38.5 Å². The molecule has 1 aromatic rings. The molecule has 1 aliphatic rings. The van der Waals surface area contributed by atoms with Gasteiger partial charge >= 0.3 is 0 Å². The lowest BCUT2D eigenvalue weighted by Crippen LogP contribution is -2.32. The molecule has 0 radical (unpaired) electrons. The zero-order chi connectivity index (χ0) is 14.4. The summed E-state index contributed by atoms with van der Waals surface area (Å²) >= 11 is 3.13. The molecular formula is C15H20BrF2NO. The molecule has 2 rings (SSSR count). The van der Waals surface area contributed by atoms with E-state index in [0.717, 1.165) is 6.07 Å². The lowest BCUT2D eigenvalue weighted by molar-refractivity contribution is 0.282. The first-order chi connectivity index (χ1) is 9.66. The summed E-state index contributed by atoms with van der Waals surface area (Å²) in [5.41, 5.74) is 0. The molecular weight excluding hydrogens is 328 g/mol. The summed E-state index contributed by atoms with van der Waals surface area (Å²) in [5.74, 6) is -1.87. The quantitative estimate of drug-likeness (QED) is 0.483. The van der Waals surface area contributed by atoms with Gasteiger partial charge in [0.05, 0.1) is 0 Å². The summed E-state index contributed by atoms with van der Waals surface area (Å²) < 4.78 is 32.4. The van der Waals surface area contributed by atoms with Gasteiger partial charge in [0.2, 0.25) is 5.82 Å². The minimum absolute atomic E-state index is 0.0421. The lowest BCUT2D eigenvalue weighted by atomic mass is 10.1. The monoisotopic (exact) mass is 347 g/mol. The Morgan fingerprint density at radius 3 is 2.55 bits per heavy atom. The van der Waals surface area contributed by atoms with Crippen molar-refractivity contribution in [2.45, 2.75) is 44.6 Å². The van der Waals surface area contributed by atoms with Crippen molar-refractivity contribution in [3.63, 3.8) is 0 Å². The molecule has 5 heteroatoms. The summed E-state index contributed by atoms with van der Waals surface area (Å²) in [7, 11) is 0. The molecule has 2 nitrogen and oxygen atoms in total. The minimum atomic E-state index is -0.928. The second-order valence-electron chi connectivity index (χ2n) is 5.19. The molecule has 0 atom stereocenters. The van der Waals surface area contributed by atoms with Gasteiger partial charge in [-0.1, -0.05) is 41.6 Å². The highest BCUT2D eigenvalue weighted by molar-refractivity contribution is 9.10. The topological polar surface area (TPSA) is 21.3 Å². The van der Waals surface area contributed by atoms with Gasteiger partial charge in [-0.05, 0) is 25.0 Å². The van der Waals surface area contributed by atoms with Crippen LogP contribution in [0.3, 0.4) is 0 Å². The maximum absolute atomic E-state index is 13.5. The number of hydrogen-bond acceptors (Lipinski definition) is 2. The van der Waals surface area contributed by atoms with Gasteiger partial charge in [-0.2, -0.15) is 4.39 Å². The summed E-state index contributed by atoms with van der Waals surface area (Å²) in [6, 6.07) is 3.07. The molecule has 20 heavy (non-hydrogen) atoms. The fourth-order valence-electron chi connectivity index (χ4n) is 2.54. The van der Waals surface area contributed by atoms with Gasteiger partial charge in [-0.15, -0.1) is 0 Å². The average molecular weight is 348 g/mol. The highest BCUT2D eigenvalue weighted by Crippen LogP contribution is 2.25. The highest BCUT2D eigenvalue weighted by Gasteiger charge is 2.13. The molecule has 0 unspecified atom stereocenters. The van der Waals surface area contributed by atoms with E-state index in [9.17, 15) is 8.78 Å². The Morgan fingerprint density at radius 2 is 1.85 bits per heavy atom. The maximum Gasteiger partial charge on any atom is 0.200 e. The summed E-state index contributed by atoms with van der Waals surface area (Å²) in [6.45, 7) is 0.988. The first-order valence-corrected chi connectivity index (χ1v) is 7.97. The largest absolute Gasteiger partial charge is 0.489 e. The van der Waals surface area contributed by atoms with Crippen LogP contribution in [-0.2, 0) is 0 Å². The Labute approximate surface area is 127 Å². The van der Waals surface area contributed by atoms with Crippen LogP contribution in [0.5, 0.6) is 5.75 Å². The van der Waals surface area contributed by atoms with Crippen LogP contribution in [0.25, 0.3) is 0 Å². The van der Waals surface area contributed by atoms with Crippen LogP contribution in [0.4, 0.5) is 8.78 Å². The first-order valence-electron chi connectivity index (χ1n) is 7.17. The van der Waals surface area contributed by atoms with Crippen LogP contribution in [0.15, 0.2) is 16.6 Å². The Kier molecular flexibility index (Phi) is 6.23. The lowest BCUT2D eigenvalue weighted by Gasteiger charge is -2.16. The minimum Gasteiger partial charge on any atom is -0.489 e. The SMILES string of the molecule is Fc1cc(Br)cc(OCCNC2CCCCCC2)c1F. The molecule has 0 heterocycles. The van der Waals surface area contributed by atoms with Crippen LogP contribution in [0, 0.1) is 11.6 Å². The Balaban J connectivity index is 1.75. The fraction of sp³-hybridized carbons (Fsp3) is 0.600. The Morgan fingerprint density at radius 1 is 1.15 bits per heavy atom. The van der Waals surface area contributed by atoms with Crippen molar-refractivity contribution in [2.75, 3.05) is 13.2 Å². The van der Waals surface area contributed by atoms with E-state index in [1.54, 1.807) is 0 Å². The van der Waals surface area contributed by atoms with E-state index in [0.29, 0.717) is 23.7 Å². The molecule has 0 spiro atoms. The molecule has 1 N–H and O–H groups in total. The third-order valence-corrected chi connectivity index (χ3v) is 4.07. The second kappa shape index (κ2) is 7.93. The predicted octanol–water partition coefficient (Wildman–Crippen LogP) is 4.42. The van der Waals surface area contributed by atoms with Crippen LogP contribution >= 0.6 is 15.9 Å². The second-order valence-corrected chi connectivity index (χ2v) is 6.11. The fourth-order valence-corrected chi connectivity index (χ4v) is 2.95. The third kappa shape index (κ3) is 4.70. The Hall–Kier alpha value is -0.680. The van der Waals surface area contributed by atoms with Crippen LogP contribution < -0.4 is 10.1 Å². The highest BCUT2D eigenvalue weighted by atomic mass is 79.9. The van der Waals surface area contributed by atoms with Gasteiger partial charge in [0.1, 0.15) is 6.61 Å². The van der Waals surface area contributed by atoms with E-state index in [4.69, 9.17) is 4.74 Å². The number of hydrogen-bond donors (Lipinski definition) is 1. The zero-order valence-electron chi connectivity index (χ0n) is 11.4. The predicted molar refractivity (Wildman–Crippen MR) is 79.0 cm³/mol. The average Bonchev–Trinajstić information content (AvgIpc) is 2.68. The molecule has 1 fully saturated rings. The van der Waals surface area contributed by atoms with Gasteiger partial charge in [-0.3, -0.25) is 0 Å². The normalized spacial score (nSPS) is 16.9. The Bertz CT molecular complexity index is 434. The number of halogens is 3. The molecule has 0 aromatic heterocycles. The molecule has 0 amide bonds. The first kappa shape index (κ1) is 15.7. The van der Waals surface area contributed by atoms with E-state index in [-0.39, 0.29) is 5.75 Å². The van der Waals surface area contributed by atoms with Gasteiger partial charge in [0.15, 0.2) is 11.6 Å². The number of nitrogens with one attached hydrogen (secondary N) is 1. The maximum atomic E-state index is 13.5. The van der Waals surface area contributed by atoms with Crippen molar-refractivity contribution >= 4 is 15.9 Å². The van der Waals surface area contributed by atoms with Gasteiger partial charge in [0.25, 0.3) is 0 Å². The van der Waals surface area contributed by atoms with E-state index >= 15 is 0 Å². The van der Waals surface area contributed by atoms with Crippen molar-refractivity contribution in [1.82, 2.24) is 5.32 Å². The van der Waals surface area contributed by atoms with E-state index in [1.807, 2.05) is 0 Å². The van der Waals surface area contributed by atoms with Gasteiger partial charge < -0.3 is 10.1 Å². The van der Waals surface area contributed by atoms with Gasteiger partial charge in [0, 0.05) is 17.1 Å². The molecule has 1 aromatic carbocycles. The van der Waals surface area contributed by atoms with Crippen LogP contribution in [-0.4, -0.2) is 19.2 Å². The summed E-state index contributed by atoms with van der Waals surface area (Å²) in [5, 5.41) is 3.43. The summed E-state index contributed by atoms with van der Waals surface area (Å²) in [4.78, 5) is 0. The van der Waals surface area contributed by atoms with Crippen molar-refractivity contribution < 1.29 is 13.5 Å². The van der Waals surface area contributed by atoms with Crippen LogP contribution in [0.2, 0.25) is 0 Å². The number of benzene rings is 1. The molecule has 0 bridgehead atoms. The molecule has 0 aliphatic heterocycles. The van der Waals surface area contributed by atoms with Crippen molar-refractivity contribution in [3.05, 3.63) is 28.2 Å². The number of rotatable bonds is 5.